The van der Waals surface area contributed by atoms with Gasteiger partial charge in [-0.25, -0.2) is 0 Å². The molecule has 0 spiro atoms. The average molecular weight is 194 g/mol. The predicted octanol–water partition coefficient (Wildman–Crippen LogP) is 1.84. The molecule has 1 saturated heterocycles. The van der Waals surface area contributed by atoms with Gasteiger partial charge in [0.2, 0.25) is 0 Å². The van der Waals surface area contributed by atoms with Crippen LogP contribution in [0.1, 0.15) is 44.4 Å². The Morgan fingerprint density at radius 1 is 1.64 bits per heavy atom. The maximum atomic E-state index is 10.9. The van der Waals surface area contributed by atoms with Gasteiger partial charge in [-0.2, -0.15) is 5.10 Å². The highest BCUT2D eigenvalue weighted by atomic mass is 16.5. The molecule has 0 aliphatic carbocycles. The highest BCUT2D eigenvalue weighted by Gasteiger charge is 2.25. The number of hydrogen-bond donors (Lipinski definition) is 0. The lowest BCUT2D eigenvalue weighted by Gasteiger charge is -2.06. The van der Waals surface area contributed by atoms with Crippen LogP contribution in [0.2, 0.25) is 0 Å². The Hall–Kier alpha value is -1.32. The Morgan fingerprint density at radius 3 is 2.93 bits per heavy atom. The SMILES string of the molecule is CC(C)n1cc(C2CCC(=O)O2)cn1. The Morgan fingerprint density at radius 2 is 2.43 bits per heavy atom. The number of esters is 1. The number of carbonyl (C=O) groups excluding carboxylic acids is 1. The van der Waals surface area contributed by atoms with Crippen molar-refractivity contribution in [2.24, 2.45) is 0 Å². The Kier molecular flexibility index (Phi) is 2.27. The average Bonchev–Trinajstić information content (AvgIpc) is 2.70. The lowest BCUT2D eigenvalue weighted by molar-refractivity contribution is -0.141. The monoisotopic (exact) mass is 194 g/mol. The van der Waals surface area contributed by atoms with Crippen LogP contribution in [0.5, 0.6) is 0 Å². The van der Waals surface area contributed by atoms with E-state index < -0.39 is 0 Å². The molecule has 2 rings (SSSR count). The standard InChI is InChI=1S/C10H14N2O2/c1-7(2)12-6-8(5-11-12)9-3-4-10(13)14-9/h5-7,9H,3-4H2,1-2H3. The Balaban J connectivity index is 2.13. The van der Waals surface area contributed by atoms with E-state index in [9.17, 15) is 4.79 Å². The molecule has 1 aromatic heterocycles. The lowest BCUT2D eigenvalue weighted by Crippen LogP contribution is -2.01. The van der Waals surface area contributed by atoms with E-state index in [0.29, 0.717) is 12.5 Å². The van der Waals surface area contributed by atoms with Gasteiger partial charge in [-0.3, -0.25) is 9.48 Å². The van der Waals surface area contributed by atoms with Crippen molar-refractivity contribution in [3.8, 4) is 0 Å². The first kappa shape index (κ1) is 9.24. The van der Waals surface area contributed by atoms with E-state index >= 15 is 0 Å². The van der Waals surface area contributed by atoms with Crippen molar-refractivity contribution in [1.29, 1.82) is 0 Å². The fourth-order valence-electron chi connectivity index (χ4n) is 1.56. The summed E-state index contributed by atoms with van der Waals surface area (Å²) in [6.45, 7) is 4.13. The van der Waals surface area contributed by atoms with Crippen LogP contribution in [0.4, 0.5) is 0 Å². The van der Waals surface area contributed by atoms with Crippen molar-refractivity contribution in [1.82, 2.24) is 9.78 Å². The fourth-order valence-corrected chi connectivity index (χ4v) is 1.56. The third-order valence-electron chi connectivity index (χ3n) is 2.41. The largest absolute Gasteiger partial charge is 0.457 e. The molecule has 0 saturated carbocycles. The molecule has 1 aliphatic heterocycles. The van der Waals surface area contributed by atoms with Gasteiger partial charge >= 0.3 is 5.97 Å². The molecular formula is C10H14N2O2. The van der Waals surface area contributed by atoms with Gasteiger partial charge in [-0.05, 0) is 20.3 Å². The number of carbonyl (C=O) groups is 1. The van der Waals surface area contributed by atoms with Crippen LogP contribution in [0.3, 0.4) is 0 Å². The molecule has 0 aromatic carbocycles. The first-order valence-corrected chi connectivity index (χ1v) is 4.90. The van der Waals surface area contributed by atoms with Crippen LogP contribution in [0.25, 0.3) is 0 Å². The molecule has 0 radical (unpaired) electrons. The third kappa shape index (κ3) is 1.64. The molecule has 1 aliphatic rings. The van der Waals surface area contributed by atoms with Crippen LogP contribution < -0.4 is 0 Å². The Bertz CT molecular complexity index is 344. The summed E-state index contributed by atoms with van der Waals surface area (Å²) in [4.78, 5) is 10.9. The van der Waals surface area contributed by atoms with E-state index in [4.69, 9.17) is 4.74 Å². The van der Waals surface area contributed by atoms with Gasteiger partial charge < -0.3 is 4.74 Å². The summed E-state index contributed by atoms with van der Waals surface area (Å²) < 4.78 is 7.02. The van der Waals surface area contributed by atoms with Crippen LogP contribution >= 0.6 is 0 Å². The van der Waals surface area contributed by atoms with Gasteiger partial charge in [0.15, 0.2) is 0 Å². The van der Waals surface area contributed by atoms with Gasteiger partial charge in [0.1, 0.15) is 6.10 Å². The van der Waals surface area contributed by atoms with Gasteiger partial charge in [-0.1, -0.05) is 0 Å². The van der Waals surface area contributed by atoms with Crippen molar-refractivity contribution in [2.45, 2.75) is 38.8 Å². The summed E-state index contributed by atoms with van der Waals surface area (Å²) in [6, 6.07) is 0.348. The van der Waals surface area contributed by atoms with Crippen molar-refractivity contribution in [2.75, 3.05) is 0 Å². The van der Waals surface area contributed by atoms with E-state index in [1.807, 2.05) is 10.9 Å². The maximum Gasteiger partial charge on any atom is 0.306 e. The number of cyclic esters (lactones) is 1. The van der Waals surface area contributed by atoms with E-state index in [0.717, 1.165) is 12.0 Å². The molecule has 4 heteroatoms. The molecule has 2 heterocycles. The normalized spacial score (nSPS) is 21.6. The molecule has 14 heavy (non-hydrogen) atoms. The zero-order valence-electron chi connectivity index (χ0n) is 8.43. The van der Waals surface area contributed by atoms with Gasteiger partial charge in [0.05, 0.1) is 6.20 Å². The van der Waals surface area contributed by atoms with Crippen molar-refractivity contribution in [3.63, 3.8) is 0 Å². The molecule has 1 fully saturated rings. The lowest BCUT2D eigenvalue weighted by atomic mass is 10.1. The van der Waals surface area contributed by atoms with Gasteiger partial charge in [0, 0.05) is 24.2 Å². The molecule has 76 valence electrons. The Labute approximate surface area is 82.9 Å². The minimum atomic E-state index is -0.104. The maximum absolute atomic E-state index is 10.9. The highest BCUT2D eigenvalue weighted by Crippen LogP contribution is 2.29. The quantitative estimate of drug-likeness (QED) is 0.675. The van der Waals surface area contributed by atoms with Crippen LogP contribution in [-0.2, 0) is 9.53 Å². The summed E-state index contributed by atoms with van der Waals surface area (Å²) in [5, 5.41) is 4.21. The summed E-state index contributed by atoms with van der Waals surface area (Å²) >= 11 is 0. The van der Waals surface area contributed by atoms with Crippen molar-refractivity contribution >= 4 is 5.97 Å². The summed E-state index contributed by atoms with van der Waals surface area (Å²) in [5.74, 6) is -0.104. The van der Waals surface area contributed by atoms with Crippen LogP contribution in [-0.4, -0.2) is 15.7 Å². The second-order valence-corrected chi connectivity index (χ2v) is 3.86. The molecule has 4 nitrogen and oxygen atoms in total. The molecule has 0 bridgehead atoms. The number of rotatable bonds is 2. The van der Waals surface area contributed by atoms with Gasteiger partial charge in [-0.15, -0.1) is 0 Å². The summed E-state index contributed by atoms with van der Waals surface area (Å²) in [5.41, 5.74) is 1.00. The second-order valence-electron chi connectivity index (χ2n) is 3.86. The first-order chi connectivity index (χ1) is 6.66. The first-order valence-electron chi connectivity index (χ1n) is 4.90. The third-order valence-corrected chi connectivity index (χ3v) is 2.41. The molecule has 0 amide bonds. The van der Waals surface area contributed by atoms with Gasteiger partial charge in [0.25, 0.3) is 0 Å². The van der Waals surface area contributed by atoms with Crippen molar-refractivity contribution < 1.29 is 9.53 Å². The molecular weight excluding hydrogens is 180 g/mol. The van der Waals surface area contributed by atoms with Crippen LogP contribution in [0.15, 0.2) is 12.4 Å². The van der Waals surface area contributed by atoms with Crippen LogP contribution in [0, 0.1) is 0 Å². The van der Waals surface area contributed by atoms with E-state index in [-0.39, 0.29) is 12.1 Å². The van der Waals surface area contributed by atoms with Crippen molar-refractivity contribution in [3.05, 3.63) is 18.0 Å². The highest BCUT2D eigenvalue weighted by molar-refractivity contribution is 5.71. The predicted molar refractivity (Wildman–Crippen MR) is 50.7 cm³/mol. The molecule has 1 unspecified atom stereocenters. The summed E-state index contributed by atoms with van der Waals surface area (Å²) in [7, 11) is 0. The fraction of sp³-hybridized carbons (Fsp3) is 0.600. The number of ether oxygens (including phenoxy) is 1. The van der Waals surface area contributed by atoms with E-state index in [2.05, 4.69) is 18.9 Å². The van der Waals surface area contributed by atoms with E-state index in [1.165, 1.54) is 0 Å². The summed E-state index contributed by atoms with van der Waals surface area (Å²) in [6.07, 6.45) is 4.96. The minimum Gasteiger partial charge on any atom is -0.457 e. The number of aromatic nitrogens is 2. The molecule has 1 aromatic rings. The molecule has 1 atom stereocenters. The zero-order chi connectivity index (χ0) is 10.1. The topological polar surface area (TPSA) is 44.1 Å². The number of hydrogen-bond acceptors (Lipinski definition) is 3. The zero-order valence-corrected chi connectivity index (χ0v) is 8.43. The second kappa shape index (κ2) is 3.44. The van der Waals surface area contributed by atoms with E-state index in [1.54, 1.807) is 6.20 Å². The molecule has 0 N–H and O–H groups in total. The smallest absolute Gasteiger partial charge is 0.306 e. The minimum absolute atomic E-state index is 0.0741. The number of nitrogens with zero attached hydrogens (tertiary/aromatic N) is 2.